The number of hydrogen-bond acceptors (Lipinski definition) is 5. The number of rotatable bonds is 6. The SMILES string of the molecule is CN(C)c1nc(Cl)c(CN[C@H]2CCCN(Cc3ccccc3F)C2)s1. The number of hydrogen-bond donors (Lipinski definition) is 1. The molecule has 1 aromatic heterocycles. The van der Waals surface area contributed by atoms with Crippen LogP contribution in [0.1, 0.15) is 23.3 Å². The number of nitrogens with one attached hydrogen (secondary N) is 1. The average Bonchev–Trinajstić information content (AvgIpc) is 2.97. The summed E-state index contributed by atoms with van der Waals surface area (Å²) in [5, 5.41) is 5.10. The standard InChI is InChI=1S/C18H24ClFN4S/c1-23(2)18-22-17(19)16(25-18)10-21-14-7-5-9-24(12-14)11-13-6-3-4-8-15(13)20/h3-4,6,8,14,21H,5,7,9-12H2,1-2H3/t14-/m0/s1. The Bertz CT molecular complexity index is 706. The third-order valence-corrected chi connectivity index (χ3v) is 6.08. The molecule has 1 atom stereocenters. The van der Waals surface area contributed by atoms with Crippen molar-refractivity contribution in [3.05, 3.63) is 45.7 Å². The predicted molar refractivity (Wildman–Crippen MR) is 103 cm³/mol. The van der Waals surface area contributed by atoms with Crippen LogP contribution in [0.3, 0.4) is 0 Å². The van der Waals surface area contributed by atoms with E-state index in [0.717, 1.165) is 48.0 Å². The van der Waals surface area contributed by atoms with Crippen molar-refractivity contribution in [2.45, 2.75) is 32.0 Å². The molecule has 1 aliphatic rings. The summed E-state index contributed by atoms with van der Waals surface area (Å²) in [6, 6.07) is 7.42. The van der Waals surface area contributed by atoms with Crippen molar-refractivity contribution in [3.63, 3.8) is 0 Å². The lowest BCUT2D eigenvalue weighted by molar-refractivity contribution is 0.181. The van der Waals surface area contributed by atoms with Crippen molar-refractivity contribution >= 4 is 28.1 Å². The number of anilines is 1. The Morgan fingerprint density at radius 3 is 2.92 bits per heavy atom. The van der Waals surface area contributed by atoms with Crippen LogP contribution < -0.4 is 10.2 Å². The molecule has 2 aromatic rings. The van der Waals surface area contributed by atoms with E-state index in [1.165, 1.54) is 6.07 Å². The first-order valence-corrected chi connectivity index (χ1v) is 9.74. The van der Waals surface area contributed by atoms with Crippen LogP contribution in [-0.2, 0) is 13.1 Å². The van der Waals surface area contributed by atoms with E-state index in [0.29, 0.717) is 17.7 Å². The molecular weight excluding hydrogens is 359 g/mol. The maximum absolute atomic E-state index is 13.9. The minimum atomic E-state index is -0.120. The lowest BCUT2D eigenvalue weighted by atomic mass is 10.0. The molecule has 0 radical (unpaired) electrons. The van der Waals surface area contributed by atoms with Gasteiger partial charge in [0.25, 0.3) is 0 Å². The van der Waals surface area contributed by atoms with Crippen LogP contribution in [0.25, 0.3) is 0 Å². The second kappa shape index (κ2) is 8.45. The molecule has 1 aliphatic heterocycles. The highest BCUT2D eigenvalue weighted by Crippen LogP contribution is 2.28. The van der Waals surface area contributed by atoms with Gasteiger partial charge < -0.3 is 10.2 Å². The van der Waals surface area contributed by atoms with Gasteiger partial charge in [-0.2, -0.15) is 0 Å². The Morgan fingerprint density at radius 1 is 1.40 bits per heavy atom. The van der Waals surface area contributed by atoms with Gasteiger partial charge in [-0.1, -0.05) is 41.1 Å². The molecule has 0 unspecified atom stereocenters. The number of piperidine rings is 1. The van der Waals surface area contributed by atoms with Crippen LogP contribution >= 0.6 is 22.9 Å². The van der Waals surface area contributed by atoms with Crippen molar-refractivity contribution in [2.24, 2.45) is 0 Å². The van der Waals surface area contributed by atoms with Gasteiger partial charge in [-0.05, 0) is 25.5 Å². The minimum absolute atomic E-state index is 0.120. The van der Waals surface area contributed by atoms with E-state index in [2.05, 4.69) is 15.2 Å². The maximum atomic E-state index is 13.9. The van der Waals surface area contributed by atoms with E-state index in [-0.39, 0.29) is 5.82 Å². The Hall–Kier alpha value is -1.21. The molecule has 2 heterocycles. The van der Waals surface area contributed by atoms with Crippen LogP contribution in [0, 0.1) is 5.82 Å². The molecule has 0 bridgehead atoms. The second-order valence-electron chi connectivity index (χ2n) is 6.65. The summed E-state index contributed by atoms with van der Waals surface area (Å²) in [6.07, 6.45) is 2.25. The molecule has 0 aliphatic carbocycles. The Morgan fingerprint density at radius 2 is 2.20 bits per heavy atom. The Balaban J connectivity index is 1.54. The molecule has 0 amide bonds. The first kappa shape index (κ1) is 18.6. The summed E-state index contributed by atoms with van der Waals surface area (Å²) < 4.78 is 13.9. The normalized spacial score (nSPS) is 18.5. The zero-order valence-electron chi connectivity index (χ0n) is 14.6. The van der Waals surface area contributed by atoms with Gasteiger partial charge in [0.1, 0.15) is 11.0 Å². The fraction of sp³-hybridized carbons (Fsp3) is 0.500. The molecular formula is C18H24ClFN4S. The van der Waals surface area contributed by atoms with Crippen LogP contribution in [-0.4, -0.2) is 43.1 Å². The van der Waals surface area contributed by atoms with Gasteiger partial charge in [0.15, 0.2) is 5.13 Å². The molecule has 136 valence electrons. The molecule has 1 fully saturated rings. The highest BCUT2D eigenvalue weighted by atomic mass is 35.5. The van der Waals surface area contributed by atoms with Crippen LogP contribution in [0.5, 0.6) is 0 Å². The molecule has 0 saturated carbocycles. The van der Waals surface area contributed by atoms with Gasteiger partial charge in [-0.15, -0.1) is 0 Å². The zero-order chi connectivity index (χ0) is 17.8. The first-order valence-electron chi connectivity index (χ1n) is 8.54. The summed E-state index contributed by atoms with van der Waals surface area (Å²) in [5.74, 6) is -0.120. The largest absolute Gasteiger partial charge is 0.354 e. The van der Waals surface area contributed by atoms with Gasteiger partial charge in [0.05, 0.1) is 4.88 Å². The molecule has 3 rings (SSSR count). The molecule has 1 aromatic carbocycles. The number of nitrogens with zero attached hydrogens (tertiary/aromatic N) is 3. The van der Waals surface area contributed by atoms with Crippen molar-refractivity contribution < 1.29 is 4.39 Å². The van der Waals surface area contributed by atoms with E-state index in [4.69, 9.17) is 11.6 Å². The van der Waals surface area contributed by atoms with E-state index in [1.807, 2.05) is 31.1 Å². The Kier molecular flexibility index (Phi) is 6.28. The molecule has 1 N–H and O–H groups in total. The van der Waals surface area contributed by atoms with Crippen LogP contribution in [0.2, 0.25) is 5.15 Å². The summed E-state index contributed by atoms with van der Waals surface area (Å²) in [7, 11) is 3.93. The molecule has 4 nitrogen and oxygen atoms in total. The lowest BCUT2D eigenvalue weighted by Gasteiger charge is -2.33. The highest BCUT2D eigenvalue weighted by molar-refractivity contribution is 7.16. The summed E-state index contributed by atoms with van der Waals surface area (Å²) in [5.41, 5.74) is 0.768. The van der Waals surface area contributed by atoms with E-state index < -0.39 is 0 Å². The minimum Gasteiger partial charge on any atom is -0.354 e. The van der Waals surface area contributed by atoms with Crippen LogP contribution in [0.15, 0.2) is 24.3 Å². The van der Waals surface area contributed by atoms with Gasteiger partial charge in [-0.3, -0.25) is 4.90 Å². The van der Waals surface area contributed by atoms with Crippen molar-refractivity contribution in [1.82, 2.24) is 15.2 Å². The number of halogens is 2. The fourth-order valence-electron chi connectivity index (χ4n) is 3.09. The molecule has 0 spiro atoms. The maximum Gasteiger partial charge on any atom is 0.186 e. The van der Waals surface area contributed by atoms with E-state index in [1.54, 1.807) is 17.4 Å². The van der Waals surface area contributed by atoms with E-state index >= 15 is 0 Å². The quantitative estimate of drug-likeness (QED) is 0.824. The smallest absolute Gasteiger partial charge is 0.186 e. The van der Waals surface area contributed by atoms with Gasteiger partial charge in [0, 0.05) is 45.3 Å². The molecule has 7 heteroatoms. The molecule has 1 saturated heterocycles. The monoisotopic (exact) mass is 382 g/mol. The summed E-state index contributed by atoms with van der Waals surface area (Å²) >= 11 is 7.86. The lowest BCUT2D eigenvalue weighted by Crippen LogP contribution is -2.45. The number of benzene rings is 1. The van der Waals surface area contributed by atoms with Crippen molar-refractivity contribution in [2.75, 3.05) is 32.1 Å². The van der Waals surface area contributed by atoms with Crippen molar-refractivity contribution in [3.8, 4) is 0 Å². The predicted octanol–water partition coefficient (Wildman–Crippen LogP) is 3.76. The number of likely N-dealkylation sites (tertiary alicyclic amines) is 1. The first-order chi connectivity index (χ1) is 12.0. The average molecular weight is 383 g/mol. The van der Waals surface area contributed by atoms with E-state index in [9.17, 15) is 4.39 Å². The number of thiazole rings is 1. The second-order valence-corrected chi connectivity index (χ2v) is 8.07. The summed E-state index contributed by atoms with van der Waals surface area (Å²) in [6.45, 7) is 3.32. The highest BCUT2D eigenvalue weighted by Gasteiger charge is 2.21. The third-order valence-electron chi connectivity index (χ3n) is 4.43. The topological polar surface area (TPSA) is 31.4 Å². The third kappa shape index (κ3) is 4.91. The van der Waals surface area contributed by atoms with Gasteiger partial charge in [0.2, 0.25) is 0 Å². The zero-order valence-corrected chi connectivity index (χ0v) is 16.2. The molecule has 25 heavy (non-hydrogen) atoms. The Labute approximate surface area is 157 Å². The van der Waals surface area contributed by atoms with Crippen molar-refractivity contribution in [1.29, 1.82) is 0 Å². The van der Waals surface area contributed by atoms with Gasteiger partial charge in [-0.25, -0.2) is 9.37 Å². The summed E-state index contributed by atoms with van der Waals surface area (Å²) in [4.78, 5) is 9.73. The van der Waals surface area contributed by atoms with Gasteiger partial charge >= 0.3 is 0 Å². The number of aromatic nitrogens is 1. The fourth-order valence-corrected chi connectivity index (χ4v) is 4.23. The van der Waals surface area contributed by atoms with Crippen LogP contribution in [0.4, 0.5) is 9.52 Å².